The highest BCUT2D eigenvalue weighted by molar-refractivity contribution is 5.79. The van der Waals surface area contributed by atoms with Crippen molar-refractivity contribution in [3.8, 4) is 0 Å². The van der Waals surface area contributed by atoms with Crippen LogP contribution in [0.15, 0.2) is 24.3 Å². The Morgan fingerprint density at radius 3 is 2.57 bits per heavy atom. The Kier molecular flexibility index (Phi) is 6.03. The van der Waals surface area contributed by atoms with Gasteiger partial charge >= 0.3 is 5.97 Å². The van der Waals surface area contributed by atoms with Crippen molar-refractivity contribution in [1.82, 2.24) is 0 Å². The van der Waals surface area contributed by atoms with Gasteiger partial charge in [0.25, 0.3) is 0 Å². The van der Waals surface area contributed by atoms with Crippen molar-refractivity contribution in [1.29, 1.82) is 0 Å². The molecule has 0 aliphatic heterocycles. The van der Waals surface area contributed by atoms with Crippen LogP contribution < -0.4 is 5.32 Å². The number of benzene rings is 1. The minimum Gasteiger partial charge on any atom is -0.464 e. The second-order valence-corrected chi connectivity index (χ2v) is 5.70. The number of nitrogens with one attached hydrogen (secondary N) is 1. The zero-order valence-electron chi connectivity index (χ0n) is 12.6. The molecule has 0 saturated heterocycles. The van der Waals surface area contributed by atoms with Crippen molar-refractivity contribution in [2.45, 2.75) is 51.5 Å². The minimum atomic E-state index is -0.349. The summed E-state index contributed by atoms with van der Waals surface area (Å²) in [7, 11) is 0. The van der Waals surface area contributed by atoms with Gasteiger partial charge in [0, 0.05) is 5.69 Å². The first-order valence-electron chi connectivity index (χ1n) is 7.87. The Morgan fingerprint density at radius 1 is 1.29 bits per heavy atom. The fourth-order valence-electron chi connectivity index (χ4n) is 2.96. The van der Waals surface area contributed by atoms with Gasteiger partial charge in [-0.05, 0) is 43.5 Å². The molecule has 0 radical (unpaired) electrons. The Morgan fingerprint density at radius 2 is 1.95 bits per heavy atom. The van der Waals surface area contributed by atoms with Gasteiger partial charge in [-0.1, -0.05) is 32.1 Å². The molecule has 1 aliphatic carbocycles. The number of esters is 1. The lowest BCUT2D eigenvalue weighted by Gasteiger charge is -2.26. The van der Waals surface area contributed by atoms with Crippen LogP contribution in [0.25, 0.3) is 0 Å². The van der Waals surface area contributed by atoms with Crippen LogP contribution in [0.5, 0.6) is 0 Å². The summed E-state index contributed by atoms with van der Waals surface area (Å²) in [5.41, 5.74) is 0.755. The van der Waals surface area contributed by atoms with Crippen molar-refractivity contribution >= 4 is 11.7 Å². The summed E-state index contributed by atoms with van der Waals surface area (Å²) in [4.78, 5) is 12.1. The van der Waals surface area contributed by atoms with Gasteiger partial charge in [-0.25, -0.2) is 9.18 Å². The lowest BCUT2D eigenvalue weighted by molar-refractivity contribution is -0.144. The number of hydrogen-bond donors (Lipinski definition) is 1. The normalized spacial score (nSPS) is 17.2. The Bertz CT molecular complexity index is 441. The molecule has 3 nitrogen and oxygen atoms in total. The molecule has 1 fully saturated rings. The van der Waals surface area contributed by atoms with Gasteiger partial charge in [-0.3, -0.25) is 0 Å². The maximum Gasteiger partial charge on any atom is 0.328 e. The standard InChI is InChI=1S/C17H24FNO2/c1-2-21-17(20)16(12-13-6-4-3-5-7-13)19-15-10-8-14(18)9-11-15/h8-11,13,16,19H,2-7,12H2,1H3. The first kappa shape index (κ1) is 15.8. The van der Waals surface area contributed by atoms with Crippen LogP contribution in [0.3, 0.4) is 0 Å². The van der Waals surface area contributed by atoms with E-state index in [2.05, 4.69) is 5.32 Å². The van der Waals surface area contributed by atoms with E-state index < -0.39 is 0 Å². The molecule has 1 aromatic carbocycles. The van der Waals surface area contributed by atoms with Gasteiger partial charge in [0.15, 0.2) is 0 Å². The predicted molar refractivity (Wildman–Crippen MR) is 81.6 cm³/mol. The molecule has 0 aromatic heterocycles. The summed E-state index contributed by atoms with van der Waals surface area (Å²) in [6, 6.07) is 5.75. The van der Waals surface area contributed by atoms with E-state index in [4.69, 9.17) is 4.74 Å². The summed E-state index contributed by atoms with van der Waals surface area (Å²) in [6.07, 6.45) is 6.94. The number of anilines is 1. The molecule has 1 aromatic rings. The van der Waals surface area contributed by atoms with Gasteiger partial charge in [0.05, 0.1) is 6.61 Å². The molecule has 1 N–H and O–H groups in total. The Labute approximate surface area is 125 Å². The first-order valence-corrected chi connectivity index (χ1v) is 7.87. The summed E-state index contributed by atoms with van der Waals surface area (Å²) in [5.74, 6) is 0.0778. The molecule has 4 heteroatoms. The highest BCUT2D eigenvalue weighted by Gasteiger charge is 2.25. The van der Waals surface area contributed by atoms with E-state index in [9.17, 15) is 9.18 Å². The summed E-state index contributed by atoms with van der Waals surface area (Å²) in [6.45, 7) is 2.19. The Hall–Kier alpha value is -1.58. The lowest BCUT2D eigenvalue weighted by Crippen LogP contribution is -2.34. The molecular weight excluding hydrogens is 269 g/mol. The lowest BCUT2D eigenvalue weighted by atomic mass is 9.85. The highest BCUT2D eigenvalue weighted by Crippen LogP contribution is 2.28. The number of ether oxygens (including phenoxy) is 1. The molecule has 1 unspecified atom stereocenters. The molecule has 0 amide bonds. The van der Waals surface area contributed by atoms with Gasteiger partial charge in [-0.15, -0.1) is 0 Å². The van der Waals surface area contributed by atoms with E-state index in [0.29, 0.717) is 12.5 Å². The van der Waals surface area contributed by atoms with Gasteiger partial charge in [-0.2, -0.15) is 0 Å². The monoisotopic (exact) mass is 293 g/mol. The van der Waals surface area contributed by atoms with Gasteiger partial charge < -0.3 is 10.1 Å². The number of carbonyl (C=O) groups excluding carboxylic acids is 1. The number of rotatable bonds is 6. The molecule has 1 aliphatic rings. The van der Waals surface area contributed by atoms with E-state index >= 15 is 0 Å². The largest absolute Gasteiger partial charge is 0.464 e. The highest BCUT2D eigenvalue weighted by atomic mass is 19.1. The fraction of sp³-hybridized carbons (Fsp3) is 0.588. The van der Waals surface area contributed by atoms with Crippen LogP contribution in [-0.2, 0) is 9.53 Å². The first-order chi connectivity index (χ1) is 10.2. The summed E-state index contributed by atoms with van der Waals surface area (Å²) in [5, 5.41) is 3.20. The van der Waals surface area contributed by atoms with Crippen molar-refractivity contribution < 1.29 is 13.9 Å². The van der Waals surface area contributed by atoms with E-state index in [1.54, 1.807) is 12.1 Å². The third kappa shape index (κ3) is 5.03. The molecular formula is C17H24FNO2. The second kappa shape index (κ2) is 8.01. The maximum absolute atomic E-state index is 13.0. The van der Waals surface area contributed by atoms with Crippen molar-refractivity contribution in [2.75, 3.05) is 11.9 Å². The molecule has 116 valence electrons. The van der Waals surface area contributed by atoms with Crippen LogP contribution in [0.1, 0.15) is 45.4 Å². The van der Waals surface area contributed by atoms with E-state index in [-0.39, 0.29) is 17.8 Å². The van der Waals surface area contributed by atoms with E-state index in [1.165, 1.54) is 44.2 Å². The molecule has 21 heavy (non-hydrogen) atoms. The molecule has 0 bridgehead atoms. The van der Waals surface area contributed by atoms with Crippen LogP contribution >= 0.6 is 0 Å². The zero-order chi connectivity index (χ0) is 15.1. The third-order valence-electron chi connectivity index (χ3n) is 4.05. The molecule has 0 spiro atoms. The summed E-state index contributed by atoms with van der Waals surface area (Å²) < 4.78 is 18.1. The zero-order valence-corrected chi connectivity index (χ0v) is 12.6. The van der Waals surface area contributed by atoms with Crippen LogP contribution in [-0.4, -0.2) is 18.6 Å². The molecule has 1 atom stereocenters. The van der Waals surface area contributed by atoms with E-state index in [0.717, 1.165) is 12.1 Å². The quantitative estimate of drug-likeness (QED) is 0.801. The molecule has 2 rings (SSSR count). The maximum atomic E-state index is 13.0. The van der Waals surface area contributed by atoms with Crippen molar-refractivity contribution in [3.05, 3.63) is 30.1 Å². The van der Waals surface area contributed by atoms with Gasteiger partial charge in [0.2, 0.25) is 0 Å². The summed E-state index contributed by atoms with van der Waals surface area (Å²) >= 11 is 0. The topological polar surface area (TPSA) is 38.3 Å². The predicted octanol–water partition coefficient (Wildman–Crippen LogP) is 4.14. The average Bonchev–Trinajstić information content (AvgIpc) is 2.50. The minimum absolute atomic E-state index is 0.215. The SMILES string of the molecule is CCOC(=O)C(CC1CCCCC1)Nc1ccc(F)cc1. The fourth-order valence-corrected chi connectivity index (χ4v) is 2.96. The number of halogens is 1. The molecule has 0 heterocycles. The van der Waals surface area contributed by atoms with E-state index in [1.807, 2.05) is 6.92 Å². The third-order valence-corrected chi connectivity index (χ3v) is 4.05. The number of hydrogen-bond acceptors (Lipinski definition) is 3. The molecule has 1 saturated carbocycles. The second-order valence-electron chi connectivity index (χ2n) is 5.70. The van der Waals surface area contributed by atoms with Gasteiger partial charge in [0.1, 0.15) is 11.9 Å². The smallest absolute Gasteiger partial charge is 0.328 e. The van der Waals surface area contributed by atoms with Crippen LogP contribution in [0.2, 0.25) is 0 Å². The Balaban J connectivity index is 2.00. The average molecular weight is 293 g/mol. The van der Waals surface area contributed by atoms with Crippen LogP contribution in [0.4, 0.5) is 10.1 Å². The number of carbonyl (C=O) groups is 1. The van der Waals surface area contributed by atoms with Crippen molar-refractivity contribution in [2.24, 2.45) is 5.92 Å². The van der Waals surface area contributed by atoms with Crippen LogP contribution in [0, 0.1) is 11.7 Å². The van der Waals surface area contributed by atoms with Crippen molar-refractivity contribution in [3.63, 3.8) is 0 Å².